The zero-order chi connectivity index (χ0) is 11.2. The molecule has 0 aromatic rings. The summed E-state index contributed by atoms with van der Waals surface area (Å²) in [7, 11) is -3.47. The average molecular weight is 243 g/mol. The maximum Gasteiger partial charge on any atom is 0.235 e. The second-order valence-electron chi connectivity index (χ2n) is 2.54. The van der Waals surface area contributed by atoms with E-state index in [2.05, 4.69) is 5.32 Å². The van der Waals surface area contributed by atoms with Crippen molar-refractivity contribution in [2.24, 2.45) is 5.73 Å². The molecule has 3 N–H and O–H groups in total. The monoisotopic (exact) mass is 242 g/mol. The van der Waals surface area contributed by atoms with Gasteiger partial charge in [-0.3, -0.25) is 9.59 Å². The Morgan fingerprint density at radius 2 is 1.93 bits per heavy atom. The number of primary amides is 1. The van der Waals surface area contributed by atoms with Crippen LogP contribution in [0.4, 0.5) is 0 Å². The van der Waals surface area contributed by atoms with Gasteiger partial charge >= 0.3 is 0 Å². The summed E-state index contributed by atoms with van der Waals surface area (Å²) < 4.78 is 22.2. The molecule has 0 aromatic carbocycles. The van der Waals surface area contributed by atoms with E-state index in [-0.39, 0.29) is 18.1 Å². The summed E-state index contributed by atoms with van der Waals surface area (Å²) in [6, 6.07) is 0. The number of sulfone groups is 1. The van der Waals surface area contributed by atoms with Gasteiger partial charge in [0.25, 0.3) is 0 Å². The highest BCUT2D eigenvalue weighted by atomic mass is 35.5. The maximum absolute atomic E-state index is 11.1. The Kier molecular flexibility index (Phi) is 5.47. The minimum Gasteiger partial charge on any atom is -0.370 e. The van der Waals surface area contributed by atoms with Crippen LogP contribution in [0.25, 0.3) is 0 Å². The molecule has 0 fully saturated rings. The molecule has 82 valence electrons. The number of carbonyl (C=O) groups excluding carboxylic acids is 2. The summed E-state index contributed by atoms with van der Waals surface area (Å²) in [4.78, 5) is 20.9. The summed E-state index contributed by atoms with van der Waals surface area (Å²) in [5.74, 6) is -2.46. The third-order valence-corrected chi connectivity index (χ3v) is 2.92. The molecular weight excluding hydrogens is 232 g/mol. The molecule has 0 atom stereocenters. The van der Waals surface area contributed by atoms with Crippen LogP contribution >= 0.6 is 11.6 Å². The van der Waals surface area contributed by atoms with Crippen molar-refractivity contribution in [2.75, 3.05) is 17.5 Å². The van der Waals surface area contributed by atoms with Crippen LogP contribution in [0.15, 0.2) is 0 Å². The number of hydrogen-bond acceptors (Lipinski definition) is 4. The number of alkyl halides is 1. The molecule has 0 bridgehead atoms. The van der Waals surface area contributed by atoms with Gasteiger partial charge < -0.3 is 11.1 Å². The van der Waals surface area contributed by atoms with E-state index in [9.17, 15) is 18.0 Å². The van der Waals surface area contributed by atoms with E-state index in [1.54, 1.807) is 0 Å². The lowest BCUT2D eigenvalue weighted by molar-refractivity contribution is -0.118. The Morgan fingerprint density at radius 3 is 2.36 bits per heavy atom. The Labute approximate surface area is 86.7 Å². The standard InChI is InChI=1S/C6H11ClN2O4S/c7-3-6(11)9-4-14(12,13)2-1-5(8)10/h1-4H2,(H2,8,10)(H,9,11). The molecule has 0 spiro atoms. The first-order valence-electron chi connectivity index (χ1n) is 3.69. The highest BCUT2D eigenvalue weighted by molar-refractivity contribution is 7.91. The van der Waals surface area contributed by atoms with Gasteiger partial charge in [-0.15, -0.1) is 11.6 Å². The minimum absolute atomic E-state index is 0.251. The number of halogens is 1. The molecule has 0 aliphatic rings. The van der Waals surface area contributed by atoms with Crippen LogP contribution in [0, 0.1) is 0 Å². The molecular formula is C6H11ClN2O4S. The lowest BCUT2D eigenvalue weighted by Crippen LogP contribution is -2.32. The molecule has 8 heteroatoms. The van der Waals surface area contributed by atoms with Crippen LogP contribution in [0.2, 0.25) is 0 Å². The smallest absolute Gasteiger partial charge is 0.235 e. The number of hydrogen-bond donors (Lipinski definition) is 2. The van der Waals surface area contributed by atoms with E-state index in [0.29, 0.717) is 0 Å². The molecule has 0 rings (SSSR count). The molecule has 14 heavy (non-hydrogen) atoms. The summed E-state index contributed by atoms with van der Waals surface area (Å²) in [5, 5.41) is 2.09. The molecule has 0 heterocycles. The van der Waals surface area contributed by atoms with Crippen LogP contribution in [-0.2, 0) is 19.4 Å². The van der Waals surface area contributed by atoms with E-state index in [0.717, 1.165) is 0 Å². The van der Waals surface area contributed by atoms with Crippen molar-refractivity contribution in [3.8, 4) is 0 Å². The van der Waals surface area contributed by atoms with Crippen LogP contribution in [0.1, 0.15) is 6.42 Å². The first-order valence-corrected chi connectivity index (χ1v) is 6.04. The number of carbonyl (C=O) groups is 2. The Morgan fingerprint density at radius 1 is 1.36 bits per heavy atom. The quantitative estimate of drug-likeness (QED) is 0.558. The van der Waals surface area contributed by atoms with Crippen LogP contribution < -0.4 is 11.1 Å². The average Bonchev–Trinajstić information content (AvgIpc) is 2.11. The van der Waals surface area contributed by atoms with Crippen molar-refractivity contribution >= 4 is 33.3 Å². The van der Waals surface area contributed by atoms with Crippen molar-refractivity contribution in [3.63, 3.8) is 0 Å². The number of rotatable bonds is 6. The van der Waals surface area contributed by atoms with Gasteiger partial charge in [0.05, 0.1) is 5.75 Å². The van der Waals surface area contributed by atoms with Crippen LogP contribution in [0.3, 0.4) is 0 Å². The molecule has 0 aliphatic heterocycles. The summed E-state index contributed by atoms with van der Waals surface area (Å²) in [6.07, 6.45) is -0.251. The SMILES string of the molecule is NC(=O)CCS(=O)(=O)CNC(=O)CCl. The topological polar surface area (TPSA) is 106 Å². The first kappa shape index (κ1) is 13.2. The van der Waals surface area contributed by atoms with Crippen molar-refractivity contribution in [1.82, 2.24) is 5.32 Å². The van der Waals surface area contributed by atoms with Crippen LogP contribution in [0.5, 0.6) is 0 Å². The lowest BCUT2D eigenvalue weighted by atomic mass is 10.5. The van der Waals surface area contributed by atoms with Gasteiger partial charge in [-0.25, -0.2) is 8.42 Å². The molecule has 0 aliphatic carbocycles. The van der Waals surface area contributed by atoms with E-state index < -0.39 is 27.5 Å². The molecule has 0 radical (unpaired) electrons. The van der Waals surface area contributed by atoms with Crippen molar-refractivity contribution in [3.05, 3.63) is 0 Å². The van der Waals surface area contributed by atoms with Crippen LogP contribution in [-0.4, -0.2) is 37.7 Å². The van der Waals surface area contributed by atoms with E-state index >= 15 is 0 Å². The molecule has 0 saturated heterocycles. The molecule has 0 unspecified atom stereocenters. The van der Waals surface area contributed by atoms with Crippen molar-refractivity contribution in [1.29, 1.82) is 0 Å². The molecule has 0 saturated carbocycles. The first-order chi connectivity index (χ1) is 6.37. The number of nitrogens with two attached hydrogens (primary N) is 1. The second-order valence-corrected chi connectivity index (χ2v) is 4.99. The number of nitrogens with one attached hydrogen (secondary N) is 1. The summed E-state index contributed by atoms with van der Waals surface area (Å²) in [5.41, 5.74) is 4.77. The Bertz CT molecular complexity index is 314. The summed E-state index contributed by atoms with van der Waals surface area (Å²) in [6.45, 7) is 0. The second kappa shape index (κ2) is 5.82. The zero-order valence-corrected chi connectivity index (χ0v) is 8.90. The van der Waals surface area contributed by atoms with Gasteiger partial charge in [0.1, 0.15) is 11.8 Å². The van der Waals surface area contributed by atoms with E-state index in [1.807, 2.05) is 0 Å². The van der Waals surface area contributed by atoms with E-state index in [1.165, 1.54) is 0 Å². The Balaban J connectivity index is 3.96. The minimum atomic E-state index is -3.47. The largest absolute Gasteiger partial charge is 0.370 e. The van der Waals surface area contributed by atoms with Gasteiger partial charge in [-0.1, -0.05) is 0 Å². The van der Waals surface area contributed by atoms with Gasteiger partial charge in [-0.2, -0.15) is 0 Å². The van der Waals surface area contributed by atoms with Gasteiger partial charge in [0.2, 0.25) is 11.8 Å². The highest BCUT2D eigenvalue weighted by Gasteiger charge is 2.13. The fourth-order valence-corrected chi connectivity index (χ4v) is 1.70. The molecule has 0 aromatic heterocycles. The normalized spacial score (nSPS) is 10.9. The molecule has 6 nitrogen and oxygen atoms in total. The zero-order valence-electron chi connectivity index (χ0n) is 7.32. The third-order valence-electron chi connectivity index (χ3n) is 1.27. The van der Waals surface area contributed by atoms with Gasteiger partial charge in [-0.05, 0) is 0 Å². The predicted molar refractivity (Wildman–Crippen MR) is 51.3 cm³/mol. The predicted octanol–water partition coefficient (Wildman–Crippen LogP) is -1.41. The fourth-order valence-electron chi connectivity index (χ4n) is 0.566. The number of amides is 2. The third kappa shape index (κ3) is 6.67. The highest BCUT2D eigenvalue weighted by Crippen LogP contribution is 1.91. The van der Waals surface area contributed by atoms with E-state index in [4.69, 9.17) is 17.3 Å². The van der Waals surface area contributed by atoms with Crippen molar-refractivity contribution < 1.29 is 18.0 Å². The molecule has 2 amide bonds. The maximum atomic E-state index is 11.1. The summed E-state index contributed by atoms with van der Waals surface area (Å²) >= 11 is 5.13. The van der Waals surface area contributed by atoms with Gasteiger partial charge in [0, 0.05) is 6.42 Å². The Hall–Kier alpha value is -0.820. The lowest BCUT2D eigenvalue weighted by Gasteiger charge is -2.03. The fraction of sp³-hybridized carbons (Fsp3) is 0.667. The van der Waals surface area contributed by atoms with Crippen molar-refractivity contribution in [2.45, 2.75) is 6.42 Å². The van der Waals surface area contributed by atoms with Gasteiger partial charge in [0.15, 0.2) is 9.84 Å².